The monoisotopic (exact) mass is 527 g/mol. The number of hydrogen-bond donors (Lipinski definition) is 2. The average Bonchev–Trinajstić information content (AvgIpc) is 3.39. The van der Waals surface area contributed by atoms with Gasteiger partial charge in [-0.25, -0.2) is 4.98 Å². The van der Waals surface area contributed by atoms with Crippen LogP contribution in [-0.2, 0) is 12.8 Å². The van der Waals surface area contributed by atoms with Gasteiger partial charge in [0.15, 0.2) is 11.1 Å². The molecule has 0 radical (unpaired) electrons. The van der Waals surface area contributed by atoms with Crippen LogP contribution in [0.2, 0.25) is 0 Å². The number of aliphatic imine (C=N–C) groups is 1. The summed E-state index contributed by atoms with van der Waals surface area (Å²) in [5.74, 6) is 0.901. The summed E-state index contributed by atoms with van der Waals surface area (Å²) in [7, 11) is 0. The Kier molecular flexibility index (Phi) is 10.8. The van der Waals surface area contributed by atoms with E-state index in [1.54, 1.807) is 11.3 Å². The van der Waals surface area contributed by atoms with Crippen molar-refractivity contribution in [2.24, 2.45) is 4.99 Å². The Hall–Kier alpha value is -1.35. The molecule has 1 fully saturated rings. The van der Waals surface area contributed by atoms with E-state index >= 15 is 0 Å². The Morgan fingerprint density at radius 1 is 1.21 bits per heavy atom. The van der Waals surface area contributed by atoms with Gasteiger partial charge in [-0.1, -0.05) is 30.3 Å². The van der Waals surface area contributed by atoms with E-state index in [9.17, 15) is 0 Å². The highest BCUT2D eigenvalue weighted by Gasteiger charge is 2.15. The van der Waals surface area contributed by atoms with E-state index in [2.05, 4.69) is 65.1 Å². The van der Waals surface area contributed by atoms with E-state index in [0.29, 0.717) is 6.04 Å². The standard InChI is InChI=1S/C22H33N5S.HI/c1-3-23-21(25-18(2)11-12-19-9-5-4-6-10-19)24-14-13-20-17-28-22(26-20)27-15-7-8-16-27;/h4-6,9-10,17-18H,3,7-8,11-16H2,1-2H3,(H2,23,24,25);1H. The maximum atomic E-state index is 4.79. The van der Waals surface area contributed by atoms with E-state index in [4.69, 9.17) is 9.98 Å². The van der Waals surface area contributed by atoms with Crippen molar-refractivity contribution in [1.29, 1.82) is 0 Å². The molecule has 0 amide bonds. The number of guanidine groups is 1. The van der Waals surface area contributed by atoms with Crippen molar-refractivity contribution in [3.63, 3.8) is 0 Å². The highest BCUT2D eigenvalue weighted by Crippen LogP contribution is 2.24. The number of rotatable bonds is 9. The third-order valence-corrected chi connectivity index (χ3v) is 5.94. The lowest BCUT2D eigenvalue weighted by atomic mass is 10.1. The summed E-state index contributed by atoms with van der Waals surface area (Å²) in [6.45, 7) is 8.25. The minimum absolute atomic E-state index is 0. The number of aromatic nitrogens is 1. The smallest absolute Gasteiger partial charge is 0.191 e. The van der Waals surface area contributed by atoms with Gasteiger partial charge in [0.25, 0.3) is 0 Å². The molecule has 1 atom stereocenters. The first-order chi connectivity index (χ1) is 13.7. The van der Waals surface area contributed by atoms with Crippen molar-refractivity contribution in [2.45, 2.75) is 52.0 Å². The molecule has 1 aliphatic rings. The highest BCUT2D eigenvalue weighted by atomic mass is 127. The van der Waals surface area contributed by atoms with Crippen LogP contribution >= 0.6 is 35.3 Å². The molecule has 5 nitrogen and oxygen atoms in total. The largest absolute Gasteiger partial charge is 0.357 e. The molecule has 0 bridgehead atoms. The van der Waals surface area contributed by atoms with Gasteiger partial charge in [0.1, 0.15) is 0 Å². The van der Waals surface area contributed by atoms with Gasteiger partial charge in [-0.05, 0) is 45.1 Å². The van der Waals surface area contributed by atoms with Gasteiger partial charge in [-0.15, -0.1) is 35.3 Å². The van der Waals surface area contributed by atoms with Gasteiger partial charge in [-0.3, -0.25) is 4.99 Å². The molecule has 3 rings (SSSR count). The first-order valence-electron chi connectivity index (χ1n) is 10.5. The van der Waals surface area contributed by atoms with Crippen LogP contribution in [0.3, 0.4) is 0 Å². The molecule has 0 aliphatic carbocycles. The van der Waals surface area contributed by atoms with Crippen molar-refractivity contribution in [3.8, 4) is 0 Å². The minimum atomic E-state index is 0. The van der Waals surface area contributed by atoms with Gasteiger partial charge >= 0.3 is 0 Å². The number of halogens is 1. The Bertz CT molecular complexity index is 728. The molecule has 1 saturated heterocycles. The normalized spacial score (nSPS) is 15.1. The van der Waals surface area contributed by atoms with Gasteiger partial charge in [-0.2, -0.15) is 0 Å². The fourth-order valence-electron chi connectivity index (χ4n) is 3.40. The molecule has 1 aromatic carbocycles. The highest BCUT2D eigenvalue weighted by molar-refractivity contribution is 14.0. The maximum absolute atomic E-state index is 4.79. The topological polar surface area (TPSA) is 52.6 Å². The lowest BCUT2D eigenvalue weighted by Crippen LogP contribution is -2.42. The summed E-state index contributed by atoms with van der Waals surface area (Å²) < 4.78 is 0. The van der Waals surface area contributed by atoms with Gasteiger partial charge in [0.05, 0.1) is 5.69 Å². The quantitative estimate of drug-likeness (QED) is 0.287. The zero-order valence-electron chi connectivity index (χ0n) is 17.6. The van der Waals surface area contributed by atoms with E-state index in [-0.39, 0.29) is 24.0 Å². The van der Waals surface area contributed by atoms with Gasteiger partial charge in [0, 0.05) is 44.0 Å². The number of nitrogens with one attached hydrogen (secondary N) is 2. The molecule has 2 N–H and O–H groups in total. The Morgan fingerprint density at radius 3 is 2.69 bits per heavy atom. The van der Waals surface area contributed by atoms with Crippen LogP contribution in [0.4, 0.5) is 5.13 Å². The number of hydrogen-bond acceptors (Lipinski definition) is 4. The Morgan fingerprint density at radius 2 is 1.97 bits per heavy atom. The van der Waals surface area contributed by atoms with Gasteiger partial charge < -0.3 is 15.5 Å². The van der Waals surface area contributed by atoms with Crippen LogP contribution in [0.1, 0.15) is 44.4 Å². The fourth-order valence-corrected chi connectivity index (χ4v) is 4.31. The van der Waals surface area contributed by atoms with E-state index in [1.807, 2.05) is 0 Å². The SMILES string of the molecule is CCNC(=NCCc1csc(N2CCCC2)n1)NC(C)CCc1ccccc1.I. The van der Waals surface area contributed by atoms with E-state index in [1.165, 1.54) is 23.5 Å². The van der Waals surface area contributed by atoms with Crippen molar-refractivity contribution in [1.82, 2.24) is 15.6 Å². The predicted octanol–water partition coefficient (Wildman–Crippen LogP) is 4.48. The third kappa shape index (κ3) is 8.12. The van der Waals surface area contributed by atoms with Crippen LogP contribution in [-0.4, -0.2) is 43.2 Å². The third-order valence-electron chi connectivity index (χ3n) is 4.99. The summed E-state index contributed by atoms with van der Waals surface area (Å²) in [6.07, 6.45) is 5.63. The average molecular weight is 528 g/mol. The first-order valence-corrected chi connectivity index (χ1v) is 11.4. The molecular weight excluding hydrogens is 493 g/mol. The van der Waals surface area contributed by atoms with Crippen LogP contribution in [0.5, 0.6) is 0 Å². The van der Waals surface area contributed by atoms with Crippen LogP contribution in [0, 0.1) is 0 Å². The Labute approximate surface area is 196 Å². The number of aryl methyl sites for hydroxylation is 1. The van der Waals surface area contributed by atoms with Crippen molar-refractivity contribution in [3.05, 3.63) is 47.0 Å². The maximum Gasteiger partial charge on any atom is 0.191 e. The number of thiazole rings is 1. The molecular formula is C22H34IN5S. The molecule has 0 spiro atoms. The summed E-state index contributed by atoms with van der Waals surface area (Å²) >= 11 is 1.77. The van der Waals surface area contributed by atoms with Crippen LogP contribution < -0.4 is 15.5 Å². The second-order valence-corrected chi connectivity index (χ2v) is 8.23. The lowest BCUT2D eigenvalue weighted by Gasteiger charge is -2.17. The molecule has 1 unspecified atom stereocenters. The summed E-state index contributed by atoms with van der Waals surface area (Å²) in [5, 5.41) is 10.3. The van der Waals surface area contributed by atoms with Gasteiger partial charge in [0.2, 0.25) is 0 Å². The van der Waals surface area contributed by atoms with E-state index < -0.39 is 0 Å². The summed E-state index contributed by atoms with van der Waals surface area (Å²) in [5.41, 5.74) is 2.54. The van der Waals surface area contributed by atoms with E-state index in [0.717, 1.165) is 57.1 Å². The summed E-state index contributed by atoms with van der Waals surface area (Å²) in [4.78, 5) is 11.9. The summed E-state index contributed by atoms with van der Waals surface area (Å²) in [6, 6.07) is 11.0. The first kappa shape index (κ1) is 23.9. The zero-order chi connectivity index (χ0) is 19.6. The Balaban J connectivity index is 0.00000300. The molecule has 160 valence electrons. The molecule has 1 aromatic heterocycles. The fraction of sp³-hybridized carbons (Fsp3) is 0.545. The molecule has 2 heterocycles. The lowest BCUT2D eigenvalue weighted by molar-refractivity contribution is 0.593. The molecule has 0 saturated carbocycles. The second kappa shape index (κ2) is 13.1. The minimum Gasteiger partial charge on any atom is -0.357 e. The molecule has 29 heavy (non-hydrogen) atoms. The van der Waals surface area contributed by atoms with Crippen molar-refractivity contribution < 1.29 is 0 Å². The van der Waals surface area contributed by atoms with Crippen molar-refractivity contribution >= 4 is 46.4 Å². The van der Waals surface area contributed by atoms with Crippen molar-refractivity contribution in [2.75, 3.05) is 31.1 Å². The van der Waals surface area contributed by atoms with Crippen LogP contribution in [0.15, 0.2) is 40.7 Å². The number of benzene rings is 1. The molecule has 2 aromatic rings. The second-order valence-electron chi connectivity index (χ2n) is 7.40. The molecule has 1 aliphatic heterocycles. The number of anilines is 1. The predicted molar refractivity (Wildman–Crippen MR) is 136 cm³/mol. The molecule has 7 heteroatoms. The number of nitrogens with zero attached hydrogens (tertiary/aromatic N) is 3. The zero-order valence-corrected chi connectivity index (χ0v) is 20.7. The van der Waals surface area contributed by atoms with Crippen LogP contribution in [0.25, 0.3) is 0 Å².